The van der Waals surface area contributed by atoms with Gasteiger partial charge in [-0.1, -0.05) is 39.3 Å². The lowest BCUT2D eigenvalue weighted by molar-refractivity contribution is -0.161. The lowest BCUT2D eigenvalue weighted by atomic mass is 9.80. The molecule has 0 saturated carbocycles. The topological polar surface area (TPSA) is 61.9 Å². The number of likely N-dealkylation sites (tertiary alicyclic amines) is 1. The second-order valence-corrected chi connectivity index (χ2v) is 9.15. The largest absolute Gasteiger partial charge is 0.497 e. The third-order valence-corrected chi connectivity index (χ3v) is 6.45. The predicted octanol–water partition coefficient (Wildman–Crippen LogP) is 2.86. The highest BCUT2D eigenvalue weighted by atomic mass is 16.5. The van der Waals surface area contributed by atoms with Crippen LogP contribution in [-0.4, -0.2) is 66.5 Å². The Morgan fingerprint density at radius 3 is 2.40 bits per heavy atom. The number of carbonyl (C=O) groups excluding carboxylic acids is 2. The minimum absolute atomic E-state index is 0.0286. The number of nitrogens with zero attached hydrogens (tertiary/aromatic N) is 2. The highest BCUT2D eigenvalue weighted by Crippen LogP contribution is 2.34. The molecule has 0 unspecified atom stereocenters. The molecule has 0 aliphatic carbocycles. The van der Waals surface area contributed by atoms with Gasteiger partial charge >= 0.3 is 0 Å². The highest BCUT2D eigenvalue weighted by molar-refractivity contribution is 6.00. The van der Waals surface area contributed by atoms with Crippen LogP contribution in [0.25, 0.3) is 0 Å². The van der Waals surface area contributed by atoms with Crippen LogP contribution < -0.4 is 10.1 Å². The summed E-state index contributed by atoms with van der Waals surface area (Å²) >= 11 is 0. The molecule has 2 fully saturated rings. The number of unbranched alkanes of at least 4 members (excludes halogenated alkanes) is 1. The zero-order chi connectivity index (χ0) is 21.7. The minimum Gasteiger partial charge on any atom is -0.497 e. The summed E-state index contributed by atoms with van der Waals surface area (Å²) in [4.78, 5) is 31.2. The average molecular weight is 416 g/mol. The van der Waals surface area contributed by atoms with Crippen LogP contribution in [0.15, 0.2) is 24.3 Å². The average Bonchev–Trinajstić information content (AvgIpc) is 2.73. The normalized spacial score (nSPS) is 21.9. The summed E-state index contributed by atoms with van der Waals surface area (Å²) in [5.41, 5.74) is 0.337. The predicted molar refractivity (Wildman–Crippen MR) is 118 cm³/mol. The third kappa shape index (κ3) is 4.80. The number of piperidine rings is 1. The van der Waals surface area contributed by atoms with E-state index in [4.69, 9.17) is 4.74 Å². The van der Waals surface area contributed by atoms with E-state index in [1.54, 1.807) is 7.11 Å². The molecule has 2 aliphatic heterocycles. The molecule has 2 saturated heterocycles. The van der Waals surface area contributed by atoms with E-state index < -0.39 is 11.6 Å². The maximum atomic E-state index is 13.5. The number of benzene rings is 1. The van der Waals surface area contributed by atoms with E-state index in [-0.39, 0.29) is 11.8 Å². The van der Waals surface area contributed by atoms with Crippen molar-refractivity contribution in [3.8, 4) is 5.75 Å². The smallest absolute Gasteiger partial charge is 0.246 e. The molecule has 3 rings (SSSR count). The van der Waals surface area contributed by atoms with Gasteiger partial charge < -0.3 is 19.9 Å². The number of methoxy groups -OCH3 is 1. The summed E-state index contributed by atoms with van der Waals surface area (Å²) in [5, 5.41) is 3.09. The highest BCUT2D eigenvalue weighted by Gasteiger charge is 2.53. The molecule has 1 aromatic carbocycles. The van der Waals surface area contributed by atoms with Gasteiger partial charge in [0.05, 0.1) is 7.11 Å². The minimum atomic E-state index is -0.684. The molecule has 2 amide bonds. The number of rotatable bonds is 8. The number of nitrogens with one attached hydrogen (secondary N) is 1. The monoisotopic (exact) mass is 415 g/mol. The molecule has 166 valence electrons. The first-order chi connectivity index (χ1) is 14.4. The van der Waals surface area contributed by atoms with Crippen molar-refractivity contribution in [2.75, 3.05) is 33.3 Å². The summed E-state index contributed by atoms with van der Waals surface area (Å²) in [5.74, 6) is 1.48. The van der Waals surface area contributed by atoms with E-state index in [0.717, 1.165) is 56.6 Å². The number of ether oxygens (including phenoxy) is 1. The van der Waals surface area contributed by atoms with E-state index >= 15 is 0 Å². The Morgan fingerprint density at radius 1 is 1.17 bits per heavy atom. The fourth-order valence-electron chi connectivity index (χ4n) is 4.77. The Bertz CT molecular complexity index is 724. The molecule has 1 N–H and O–H groups in total. The van der Waals surface area contributed by atoms with Crippen LogP contribution in [0.1, 0.15) is 52.0 Å². The first-order valence-corrected chi connectivity index (χ1v) is 11.4. The standard InChI is InChI=1S/C24H37N3O3/c1-5-6-13-27-22(28)21(16-19-7-9-20(30-4)10-8-19)25-23(29)24(27)11-14-26(15-12-24)17-18(2)3/h7-10,18,21H,5-6,11-17H2,1-4H3,(H,25,29)/t21-/m0/s1. The van der Waals surface area contributed by atoms with Crippen molar-refractivity contribution in [2.24, 2.45) is 5.92 Å². The van der Waals surface area contributed by atoms with Gasteiger partial charge in [0.1, 0.15) is 17.3 Å². The van der Waals surface area contributed by atoms with Crippen molar-refractivity contribution in [1.82, 2.24) is 15.1 Å². The summed E-state index contributed by atoms with van der Waals surface area (Å²) in [7, 11) is 1.64. The molecular formula is C24H37N3O3. The van der Waals surface area contributed by atoms with Gasteiger partial charge in [-0.15, -0.1) is 0 Å². The molecule has 6 nitrogen and oxygen atoms in total. The van der Waals surface area contributed by atoms with E-state index in [1.807, 2.05) is 29.2 Å². The summed E-state index contributed by atoms with van der Waals surface area (Å²) in [6, 6.07) is 7.21. The molecule has 1 aromatic rings. The summed E-state index contributed by atoms with van der Waals surface area (Å²) < 4.78 is 5.22. The van der Waals surface area contributed by atoms with Gasteiger partial charge in [0, 0.05) is 32.6 Å². The van der Waals surface area contributed by atoms with Crippen molar-refractivity contribution in [3.05, 3.63) is 29.8 Å². The lowest BCUT2D eigenvalue weighted by Gasteiger charge is -2.52. The van der Waals surface area contributed by atoms with Crippen molar-refractivity contribution < 1.29 is 14.3 Å². The van der Waals surface area contributed by atoms with Gasteiger partial charge in [-0.3, -0.25) is 9.59 Å². The van der Waals surface area contributed by atoms with Crippen molar-refractivity contribution in [1.29, 1.82) is 0 Å². The molecule has 2 heterocycles. The van der Waals surface area contributed by atoms with E-state index in [9.17, 15) is 9.59 Å². The van der Waals surface area contributed by atoms with Crippen LogP contribution in [0.3, 0.4) is 0 Å². The molecule has 1 spiro atoms. The zero-order valence-electron chi connectivity index (χ0n) is 18.9. The molecule has 0 radical (unpaired) electrons. The molecule has 6 heteroatoms. The van der Waals surface area contributed by atoms with Crippen LogP contribution >= 0.6 is 0 Å². The van der Waals surface area contributed by atoms with Gasteiger partial charge in [-0.25, -0.2) is 0 Å². The van der Waals surface area contributed by atoms with Gasteiger partial charge in [0.2, 0.25) is 11.8 Å². The molecule has 2 aliphatic rings. The molecule has 0 aromatic heterocycles. The zero-order valence-corrected chi connectivity index (χ0v) is 18.9. The second kappa shape index (κ2) is 9.82. The molecule has 0 bridgehead atoms. The third-order valence-electron chi connectivity index (χ3n) is 6.45. The van der Waals surface area contributed by atoms with E-state index in [2.05, 4.69) is 31.0 Å². The lowest BCUT2D eigenvalue weighted by Crippen LogP contribution is -2.73. The Hall–Kier alpha value is -2.08. The summed E-state index contributed by atoms with van der Waals surface area (Å²) in [6.07, 6.45) is 3.87. The molecule has 1 atom stereocenters. The van der Waals surface area contributed by atoms with Crippen LogP contribution in [0, 0.1) is 5.92 Å². The summed E-state index contributed by atoms with van der Waals surface area (Å²) in [6.45, 7) is 10.0. The maximum Gasteiger partial charge on any atom is 0.246 e. The SMILES string of the molecule is CCCCN1C(=O)[C@H](Cc2ccc(OC)cc2)NC(=O)C12CCN(CC(C)C)CC2. The van der Waals surface area contributed by atoms with Crippen LogP contribution in [0.2, 0.25) is 0 Å². The molecular weight excluding hydrogens is 378 g/mol. The van der Waals surface area contributed by atoms with E-state index in [1.165, 1.54) is 0 Å². The van der Waals surface area contributed by atoms with Gasteiger partial charge in [0.25, 0.3) is 0 Å². The first-order valence-electron chi connectivity index (χ1n) is 11.4. The van der Waals surface area contributed by atoms with Crippen molar-refractivity contribution in [2.45, 2.75) is 64.5 Å². The Labute approximate surface area is 180 Å². The Balaban J connectivity index is 1.76. The maximum absolute atomic E-state index is 13.5. The van der Waals surface area contributed by atoms with Gasteiger partial charge in [-0.2, -0.15) is 0 Å². The van der Waals surface area contributed by atoms with Crippen molar-refractivity contribution >= 4 is 11.8 Å². The number of carbonyl (C=O) groups is 2. The van der Waals surface area contributed by atoms with Crippen molar-refractivity contribution in [3.63, 3.8) is 0 Å². The number of amides is 2. The quantitative estimate of drug-likeness (QED) is 0.709. The van der Waals surface area contributed by atoms with Crippen LogP contribution in [-0.2, 0) is 16.0 Å². The van der Waals surface area contributed by atoms with Crippen LogP contribution in [0.4, 0.5) is 0 Å². The van der Waals surface area contributed by atoms with E-state index in [0.29, 0.717) is 18.9 Å². The fraction of sp³-hybridized carbons (Fsp3) is 0.667. The number of hydrogen-bond donors (Lipinski definition) is 1. The first kappa shape index (κ1) is 22.6. The van der Waals surface area contributed by atoms with Gasteiger partial charge in [-0.05, 0) is 42.9 Å². The molecule has 30 heavy (non-hydrogen) atoms. The van der Waals surface area contributed by atoms with Gasteiger partial charge in [0.15, 0.2) is 0 Å². The second-order valence-electron chi connectivity index (χ2n) is 9.15. The number of hydrogen-bond acceptors (Lipinski definition) is 4. The number of piperazine rings is 1. The Kier molecular flexibility index (Phi) is 7.40. The van der Waals surface area contributed by atoms with Crippen LogP contribution in [0.5, 0.6) is 5.75 Å². The Morgan fingerprint density at radius 2 is 1.83 bits per heavy atom. The fourth-order valence-corrected chi connectivity index (χ4v) is 4.77.